The van der Waals surface area contributed by atoms with Crippen LogP contribution in [0.15, 0.2) is 30.5 Å². The fourth-order valence-corrected chi connectivity index (χ4v) is 2.89. The number of benzene rings is 1. The Morgan fingerprint density at radius 1 is 1.40 bits per heavy atom. The molecule has 1 saturated heterocycles. The highest BCUT2D eigenvalue weighted by molar-refractivity contribution is 5.98. The van der Waals surface area contributed by atoms with Gasteiger partial charge in [-0.2, -0.15) is 0 Å². The Balaban J connectivity index is 1.81. The molecule has 0 saturated carbocycles. The van der Waals surface area contributed by atoms with Gasteiger partial charge in [0.05, 0.1) is 6.10 Å². The molecule has 0 aliphatic carbocycles. The first-order valence-corrected chi connectivity index (χ1v) is 7.08. The van der Waals surface area contributed by atoms with Crippen LogP contribution in [0.1, 0.15) is 23.7 Å². The third kappa shape index (κ3) is 2.31. The van der Waals surface area contributed by atoms with Gasteiger partial charge in [0.1, 0.15) is 0 Å². The summed E-state index contributed by atoms with van der Waals surface area (Å²) in [7, 11) is 1.72. The van der Waals surface area contributed by atoms with E-state index >= 15 is 0 Å². The van der Waals surface area contributed by atoms with Crippen molar-refractivity contribution >= 4 is 16.8 Å². The predicted molar refractivity (Wildman–Crippen MR) is 78.8 cm³/mol. The Bertz CT molecular complexity index is 620. The molecule has 2 atom stereocenters. The smallest absolute Gasteiger partial charge is 0.253 e. The molecule has 0 bridgehead atoms. The van der Waals surface area contributed by atoms with Gasteiger partial charge in [-0.25, -0.2) is 0 Å². The lowest BCUT2D eigenvalue weighted by Crippen LogP contribution is -2.46. The lowest BCUT2D eigenvalue weighted by atomic mass is 9.95. The molecule has 2 unspecified atom stereocenters. The van der Waals surface area contributed by atoms with Crippen LogP contribution in [0.3, 0.4) is 0 Å². The van der Waals surface area contributed by atoms with Crippen molar-refractivity contribution in [3.63, 3.8) is 0 Å². The fraction of sp³-hybridized carbons (Fsp3) is 0.438. The molecule has 4 heteroatoms. The number of aromatic amines is 1. The van der Waals surface area contributed by atoms with E-state index in [1.165, 1.54) is 0 Å². The average Bonchev–Trinajstić information content (AvgIpc) is 2.94. The number of nitrogens with zero attached hydrogens (tertiary/aromatic N) is 1. The molecule has 1 aliphatic rings. The SMILES string of the molecule is COC1CN(C(=O)c2ccc3[nH]ccc3c2)CCC1C. The molecule has 1 N–H and O–H groups in total. The van der Waals surface area contributed by atoms with Crippen molar-refractivity contribution in [3.05, 3.63) is 36.0 Å². The minimum absolute atomic E-state index is 0.0991. The van der Waals surface area contributed by atoms with Crippen molar-refractivity contribution in [3.8, 4) is 0 Å². The Hall–Kier alpha value is -1.81. The second-order valence-electron chi connectivity index (χ2n) is 5.57. The number of rotatable bonds is 2. The van der Waals surface area contributed by atoms with Crippen LogP contribution in [0.25, 0.3) is 10.9 Å². The number of ether oxygens (including phenoxy) is 1. The number of nitrogens with one attached hydrogen (secondary N) is 1. The Kier molecular flexibility index (Phi) is 3.49. The first kappa shape index (κ1) is 13.2. The third-order valence-electron chi connectivity index (χ3n) is 4.28. The van der Waals surface area contributed by atoms with Crippen molar-refractivity contribution < 1.29 is 9.53 Å². The number of aromatic nitrogens is 1. The summed E-state index contributed by atoms with van der Waals surface area (Å²) in [6, 6.07) is 7.79. The number of fused-ring (bicyclic) bond motifs is 1. The van der Waals surface area contributed by atoms with Crippen molar-refractivity contribution in [2.24, 2.45) is 5.92 Å². The van der Waals surface area contributed by atoms with E-state index in [1.54, 1.807) is 7.11 Å². The molecule has 2 heterocycles. The zero-order valence-electron chi connectivity index (χ0n) is 11.9. The topological polar surface area (TPSA) is 45.3 Å². The second-order valence-corrected chi connectivity index (χ2v) is 5.57. The molecular weight excluding hydrogens is 252 g/mol. The quantitative estimate of drug-likeness (QED) is 0.913. The summed E-state index contributed by atoms with van der Waals surface area (Å²) in [5, 5.41) is 1.07. The van der Waals surface area contributed by atoms with Crippen LogP contribution in [0.4, 0.5) is 0 Å². The van der Waals surface area contributed by atoms with Crippen LogP contribution in [0.2, 0.25) is 0 Å². The highest BCUT2D eigenvalue weighted by atomic mass is 16.5. The highest BCUT2D eigenvalue weighted by Crippen LogP contribution is 2.22. The molecule has 106 valence electrons. The van der Waals surface area contributed by atoms with E-state index in [1.807, 2.05) is 35.4 Å². The fourth-order valence-electron chi connectivity index (χ4n) is 2.89. The van der Waals surface area contributed by atoms with Crippen molar-refractivity contribution in [2.75, 3.05) is 20.2 Å². The molecular formula is C16H20N2O2. The van der Waals surface area contributed by atoms with Crippen LogP contribution < -0.4 is 0 Å². The molecule has 1 aromatic heterocycles. The Morgan fingerprint density at radius 3 is 3.05 bits per heavy atom. The lowest BCUT2D eigenvalue weighted by molar-refractivity contribution is -0.00155. The Labute approximate surface area is 118 Å². The van der Waals surface area contributed by atoms with E-state index in [9.17, 15) is 4.79 Å². The number of carbonyl (C=O) groups is 1. The number of methoxy groups -OCH3 is 1. The maximum Gasteiger partial charge on any atom is 0.253 e. The van der Waals surface area contributed by atoms with Crippen LogP contribution in [0.5, 0.6) is 0 Å². The normalized spacial score (nSPS) is 23.2. The van der Waals surface area contributed by atoms with Gasteiger partial charge >= 0.3 is 0 Å². The largest absolute Gasteiger partial charge is 0.379 e. The van der Waals surface area contributed by atoms with Gasteiger partial charge in [0.2, 0.25) is 0 Å². The summed E-state index contributed by atoms with van der Waals surface area (Å²) in [4.78, 5) is 17.6. The standard InChI is InChI=1S/C16H20N2O2/c1-11-6-8-18(10-15(11)20-2)16(19)13-3-4-14-12(9-13)5-7-17-14/h3-5,7,9,11,15,17H,6,8,10H2,1-2H3. The minimum Gasteiger partial charge on any atom is -0.379 e. The van der Waals surface area contributed by atoms with Gasteiger partial charge in [-0.05, 0) is 36.6 Å². The molecule has 1 fully saturated rings. The summed E-state index contributed by atoms with van der Waals surface area (Å²) in [6.07, 6.45) is 3.03. The van der Waals surface area contributed by atoms with Crippen molar-refractivity contribution in [2.45, 2.75) is 19.4 Å². The maximum absolute atomic E-state index is 12.6. The van der Waals surface area contributed by atoms with E-state index in [-0.39, 0.29) is 12.0 Å². The lowest BCUT2D eigenvalue weighted by Gasteiger charge is -2.36. The first-order valence-electron chi connectivity index (χ1n) is 7.08. The summed E-state index contributed by atoms with van der Waals surface area (Å²) in [6.45, 7) is 3.68. The van der Waals surface area contributed by atoms with Crippen LogP contribution in [-0.4, -0.2) is 42.1 Å². The molecule has 2 aromatic rings. The summed E-state index contributed by atoms with van der Waals surface area (Å²) in [5.41, 5.74) is 1.81. The molecule has 0 spiro atoms. The number of hydrogen-bond acceptors (Lipinski definition) is 2. The van der Waals surface area contributed by atoms with Gasteiger partial charge < -0.3 is 14.6 Å². The van der Waals surface area contributed by atoms with Gasteiger partial charge in [0.15, 0.2) is 0 Å². The number of hydrogen-bond donors (Lipinski definition) is 1. The first-order chi connectivity index (χ1) is 9.69. The molecule has 0 radical (unpaired) electrons. The Morgan fingerprint density at radius 2 is 2.25 bits per heavy atom. The van der Waals surface area contributed by atoms with Crippen LogP contribution >= 0.6 is 0 Å². The maximum atomic E-state index is 12.6. The number of carbonyl (C=O) groups excluding carboxylic acids is 1. The summed E-state index contributed by atoms with van der Waals surface area (Å²) < 4.78 is 5.48. The zero-order valence-corrected chi connectivity index (χ0v) is 11.9. The van der Waals surface area contributed by atoms with Crippen molar-refractivity contribution in [1.29, 1.82) is 0 Å². The van der Waals surface area contributed by atoms with E-state index in [0.717, 1.165) is 29.4 Å². The van der Waals surface area contributed by atoms with Crippen LogP contribution in [-0.2, 0) is 4.74 Å². The summed E-state index contributed by atoms with van der Waals surface area (Å²) >= 11 is 0. The third-order valence-corrected chi connectivity index (χ3v) is 4.28. The predicted octanol–water partition coefficient (Wildman–Crippen LogP) is 2.66. The van der Waals surface area contributed by atoms with E-state index in [4.69, 9.17) is 4.74 Å². The van der Waals surface area contributed by atoms with Crippen molar-refractivity contribution in [1.82, 2.24) is 9.88 Å². The monoisotopic (exact) mass is 272 g/mol. The van der Waals surface area contributed by atoms with E-state index < -0.39 is 0 Å². The average molecular weight is 272 g/mol. The summed E-state index contributed by atoms with van der Waals surface area (Å²) in [5.74, 6) is 0.609. The van der Waals surface area contributed by atoms with E-state index in [0.29, 0.717) is 12.5 Å². The number of piperidine rings is 1. The molecule has 1 aromatic carbocycles. The van der Waals surface area contributed by atoms with Gasteiger partial charge in [-0.15, -0.1) is 0 Å². The molecule has 20 heavy (non-hydrogen) atoms. The molecule has 1 aliphatic heterocycles. The van der Waals surface area contributed by atoms with Gasteiger partial charge in [-0.3, -0.25) is 4.79 Å². The second kappa shape index (κ2) is 5.29. The number of H-pyrrole nitrogens is 1. The van der Waals surface area contributed by atoms with Gasteiger partial charge in [0, 0.05) is 42.9 Å². The van der Waals surface area contributed by atoms with Gasteiger partial charge in [0.25, 0.3) is 5.91 Å². The highest BCUT2D eigenvalue weighted by Gasteiger charge is 2.29. The molecule has 4 nitrogen and oxygen atoms in total. The molecule has 1 amide bonds. The minimum atomic E-state index is 0.0991. The van der Waals surface area contributed by atoms with Gasteiger partial charge in [-0.1, -0.05) is 6.92 Å². The van der Waals surface area contributed by atoms with Crippen LogP contribution in [0, 0.1) is 5.92 Å². The van der Waals surface area contributed by atoms with E-state index in [2.05, 4.69) is 11.9 Å². The number of likely N-dealkylation sites (tertiary alicyclic amines) is 1. The number of amides is 1. The zero-order chi connectivity index (χ0) is 14.1. The molecule has 3 rings (SSSR count).